The fraction of sp³-hybridized carbons (Fsp3) is 0.667. The summed E-state index contributed by atoms with van der Waals surface area (Å²) in [6.45, 7) is -0.250. The number of aliphatic hydroxyl groups is 2. The molecule has 0 heterocycles. The SMILES string of the molecule is Cl[CH-]Cl.OCCO.[O]=[V]=[O]. The van der Waals surface area contributed by atoms with Gasteiger partial charge >= 0.3 is 23.5 Å². The van der Waals surface area contributed by atoms with Gasteiger partial charge in [-0.25, -0.2) is 0 Å². The van der Waals surface area contributed by atoms with Gasteiger partial charge in [0.25, 0.3) is 0 Å². The van der Waals surface area contributed by atoms with Crippen LogP contribution >= 0.6 is 23.2 Å². The van der Waals surface area contributed by atoms with Gasteiger partial charge in [0.1, 0.15) is 0 Å². The Morgan fingerprint density at radius 3 is 1.30 bits per heavy atom. The second-order valence-corrected chi connectivity index (χ2v) is 1.50. The molecule has 0 aliphatic rings. The molecule has 7 heteroatoms. The van der Waals surface area contributed by atoms with E-state index in [1.807, 2.05) is 0 Å². The molecule has 10 heavy (non-hydrogen) atoms. The van der Waals surface area contributed by atoms with Crippen molar-refractivity contribution in [3.05, 3.63) is 5.34 Å². The molecule has 0 atom stereocenters. The zero-order valence-corrected chi connectivity index (χ0v) is 7.81. The zero-order chi connectivity index (χ0) is 8.83. The van der Waals surface area contributed by atoms with Crippen molar-refractivity contribution in [2.75, 3.05) is 13.2 Å². The molecule has 0 rings (SSSR count). The van der Waals surface area contributed by atoms with E-state index in [0.717, 1.165) is 5.34 Å². The maximum absolute atomic E-state index is 8.47. The quantitative estimate of drug-likeness (QED) is 0.634. The summed E-state index contributed by atoms with van der Waals surface area (Å²) < 4.78 is 16.9. The van der Waals surface area contributed by atoms with Crippen LogP contribution < -0.4 is 0 Å². The normalized spacial score (nSPS) is 5.60. The van der Waals surface area contributed by atoms with Gasteiger partial charge in [0.2, 0.25) is 0 Å². The number of hydrogen-bond donors (Lipinski definition) is 2. The van der Waals surface area contributed by atoms with Crippen LogP contribution in [-0.2, 0) is 23.5 Å². The Labute approximate surface area is 75.7 Å². The van der Waals surface area contributed by atoms with Gasteiger partial charge in [0, 0.05) is 0 Å². The molecule has 0 bridgehead atoms. The molecule has 0 aliphatic heterocycles. The Balaban J connectivity index is -0.0000000750. The van der Waals surface area contributed by atoms with Crippen LogP contribution in [0.15, 0.2) is 0 Å². The van der Waals surface area contributed by atoms with Gasteiger partial charge in [-0.15, -0.1) is 0 Å². The van der Waals surface area contributed by atoms with Crippen LogP contribution in [0, 0.1) is 5.34 Å². The number of aliphatic hydroxyl groups excluding tert-OH is 2. The minimum atomic E-state index is -1.81. The summed E-state index contributed by atoms with van der Waals surface area (Å²) in [5.41, 5.74) is 0. The topological polar surface area (TPSA) is 74.6 Å². The predicted octanol–water partition coefficient (Wildman–Crippen LogP) is 0.314. The zero-order valence-electron chi connectivity index (χ0n) is 4.91. The minimum absolute atomic E-state index is 0.125. The molecule has 0 aliphatic carbocycles. The molecule has 0 aromatic heterocycles. The van der Waals surface area contributed by atoms with Crippen molar-refractivity contribution in [3.8, 4) is 0 Å². The molecule has 0 aromatic carbocycles. The van der Waals surface area contributed by atoms with Crippen molar-refractivity contribution in [2.24, 2.45) is 0 Å². The Kier molecular flexibility index (Phi) is 56.5. The Morgan fingerprint density at radius 2 is 1.30 bits per heavy atom. The third-order valence-corrected chi connectivity index (χ3v) is 0.1000. The molecule has 2 N–H and O–H groups in total. The summed E-state index contributed by atoms with van der Waals surface area (Å²) in [5, 5.41) is 16.2. The van der Waals surface area contributed by atoms with Gasteiger partial charge in [-0.2, -0.15) is 5.34 Å². The van der Waals surface area contributed by atoms with Crippen LogP contribution in [0.5, 0.6) is 0 Å². The van der Waals surface area contributed by atoms with Crippen molar-refractivity contribution >= 4 is 23.2 Å². The molecule has 0 spiro atoms. The first-order valence-corrected chi connectivity index (χ1v) is 3.95. The summed E-state index contributed by atoms with van der Waals surface area (Å²) in [4.78, 5) is 0. The molecular formula is C3H7Cl2O4V-. The van der Waals surface area contributed by atoms with E-state index in [0.29, 0.717) is 0 Å². The molecule has 0 radical (unpaired) electrons. The van der Waals surface area contributed by atoms with E-state index in [9.17, 15) is 0 Å². The second kappa shape index (κ2) is 33.3. The summed E-state index contributed by atoms with van der Waals surface area (Å²) in [7, 11) is 0. The molecule has 4 nitrogen and oxygen atoms in total. The standard InChI is InChI=1S/C2H6O2.CHCl2.2O.V/c3-1-2-4;2-1-3;;;/h3-4H,1-2H2;1H;;;/q;-1;;;. The average Bonchev–Trinajstić information content (AvgIpc) is 1.91. The van der Waals surface area contributed by atoms with Crippen molar-refractivity contribution in [1.82, 2.24) is 0 Å². The predicted molar refractivity (Wildman–Crippen MR) is 31.6 cm³/mol. The van der Waals surface area contributed by atoms with Gasteiger partial charge in [-0.05, 0) is 0 Å². The second-order valence-electron chi connectivity index (χ2n) is 0.604. The van der Waals surface area contributed by atoms with E-state index in [2.05, 4.69) is 23.2 Å². The third kappa shape index (κ3) is 181. The third-order valence-electron chi connectivity index (χ3n) is 0.1000. The van der Waals surface area contributed by atoms with Crippen molar-refractivity contribution in [3.63, 3.8) is 0 Å². The molecule has 0 saturated heterocycles. The Hall–Kier alpha value is 0.684. The van der Waals surface area contributed by atoms with E-state index in [-0.39, 0.29) is 13.2 Å². The fourth-order valence-electron chi connectivity index (χ4n) is 0. The van der Waals surface area contributed by atoms with Gasteiger partial charge in [-0.3, -0.25) is 0 Å². The first-order chi connectivity index (χ1) is 4.74. The average molecular weight is 229 g/mol. The van der Waals surface area contributed by atoms with Gasteiger partial charge in [0.05, 0.1) is 13.2 Å². The van der Waals surface area contributed by atoms with E-state index in [1.54, 1.807) is 0 Å². The molecule has 0 amide bonds. The van der Waals surface area contributed by atoms with E-state index >= 15 is 0 Å². The van der Waals surface area contributed by atoms with E-state index in [1.165, 1.54) is 0 Å². The summed E-state index contributed by atoms with van der Waals surface area (Å²) in [6.07, 6.45) is 0. The van der Waals surface area contributed by atoms with Gasteiger partial charge in [0.15, 0.2) is 0 Å². The van der Waals surface area contributed by atoms with Crippen LogP contribution in [0.3, 0.4) is 0 Å². The van der Waals surface area contributed by atoms with Crippen LogP contribution in [0.1, 0.15) is 0 Å². The first kappa shape index (κ1) is 17.0. The van der Waals surface area contributed by atoms with Crippen molar-refractivity contribution in [2.45, 2.75) is 0 Å². The number of rotatable bonds is 1. The fourth-order valence-corrected chi connectivity index (χ4v) is 0. The molecule has 0 aromatic rings. The monoisotopic (exact) mass is 228 g/mol. The van der Waals surface area contributed by atoms with Gasteiger partial charge < -0.3 is 33.4 Å². The van der Waals surface area contributed by atoms with Gasteiger partial charge in [-0.1, -0.05) is 0 Å². The number of halogens is 2. The van der Waals surface area contributed by atoms with E-state index < -0.39 is 16.2 Å². The molecule has 63 valence electrons. The van der Waals surface area contributed by atoms with Crippen molar-refractivity contribution < 1.29 is 33.7 Å². The van der Waals surface area contributed by atoms with Crippen LogP contribution in [0.4, 0.5) is 0 Å². The van der Waals surface area contributed by atoms with Crippen LogP contribution in [0.25, 0.3) is 0 Å². The summed E-state index contributed by atoms with van der Waals surface area (Å²) in [6, 6.07) is 0. The molecule has 0 unspecified atom stereocenters. The Morgan fingerprint density at radius 1 is 1.20 bits per heavy atom. The van der Waals surface area contributed by atoms with Crippen LogP contribution in [0.2, 0.25) is 0 Å². The first-order valence-electron chi connectivity index (χ1n) is 1.93. The van der Waals surface area contributed by atoms with E-state index in [4.69, 9.17) is 17.6 Å². The molecule has 0 saturated carbocycles. The molecule has 0 fully saturated rings. The number of hydrogen-bond acceptors (Lipinski definition) is 4. The molecular weight excluding hydrogens is 222 g/mol. The summed E-state index contributed by atoms with van der Waals surface area (Å²) >= 11 is 7.47. The van der Waals surface area contributed by atoms with Crippen LogP contribution in [-0.4, -0.2) is 23.4 Å². The summed E-state index contributed by atoms with van der Waals surface area (Å²) in [5.74, 6) is 0. The van der Waals surface area contributed by atoms with Crippen molar-refractivity contribution in [1.29, 1.82) is 0 Å². The Bertz CT molecular complexity index is 63.5. The maximum atomic E-state index is 8.47.